The zero-order valence-corrected chi connectivity index (χ0v) is 11.7. The predicted molar refractivity (Wildman–Crippen MR) is 69.1 cm³/mol. The second-order valence-corrected chi connectivity index (χ2v) is 3.01. The fourth-order valence-electron chi connectivity index (χ4n) is 0.620. The Hall–Kier alpha value is -0.990. The Morgan fingerprint density at radius 2 is 1.88 bits per heavy atom. The zero-order chi connectivity index (χ0) is 13.1. The Kier molecular flexibility index (Phi) is 11.5. The Bertz CT molecular complexity index is 398. The topological polar surface area (TPSA) is 69.5 Å². The maximum Gasteiger partial charge on any atom is 0.271 e. The molecular formula is C10H16ClN3OS. The van der Waals surface area contributed by atoms with Crippen LogP contribution in [0.3, 0.4) is 0 Å². The first kappa shape index (κ1) is 17.4. The van der Waals surface area contributed by atoms with Gasteiger partial charge in [-0.1, -0.05) is 51.1 Å². The molecule has 0 aliphatic heterocycles. The van der Waals surface area contributed by atoms with Crippen LogP contribution in [-0.2, 0) is 0 Å². The van der Waals surface area contributed by atoms with Gasteiger partial charge in [-0.05, 0) is 6.26 Å². The quantitative estimate of drug-likeness (QED) is 0.479. The Morgan fingerprint density at radius 1 is 1.38 bits per heavy atom. The molecule has 4 nitrogen and oxygen atoms in total. The number of nitrogens with zero attached hydrogens (tertiary/aromatic N) is 2. The number of aromatic amines is 1. The van der Waals surface area contributed by atoms with E-state index in [1.54, 1.807) is 12.3 Å². The molecule has 1 N–H and O–H groups in total. The first-order chi connectivity index (χ1) is 7.69. The molecule has 0 saturated heterocycles. The van der Waals surface area contributed by atoms with Crippen molar-refractivity contribution in [2.75, 3.05) is 6.26 Å². The van der Waals surface area contributed by atoms with E-state index >= 15 is 0 Å². The van der Waals surface area contributed by atoms with Gasteiger partial charge in [0, 0.05) is 0 Å². The van der Waals surface area contributed by atoms with E-state index in [2.05, 4.69) is 9.97 Å². The largest absolute Gasteiger partial charge is 0.300 e. The fraction of sp³-hybridized carbons (Fsp3) is 0.500. The third-order valence-electron chi connectivity index (χ3n) is 1.16. The summed E-state index contributed by atoms with van der Waals surface area (Å²) < 4.78 is 0. The number of nitrogens with one attached hydrogen (secondary N) is 1. The number of hydrogen-bond acceptors (Lipinski definition) is 4. The fourth-order valence-corrected chi connectivity index (χ4v) is 1.26. The monoisotopic (exact) mass is 261 g/mol. The van der Waals surface area contributed by atoms with Crippen molar-refractivity contribution in [1.82, 2.24) is 9.97 Å². The lowest BCUT2D eigenvalue weighted by molar-refractivity contribution is 0.932. The van der Waals surface area contributed by atoms with E-state index in [0.717, 1.165) is 0 Å². The van der Waals surface area contributed by atoms with E-state index in [4.69, 9.17) is 16.9 Å². The van der Waals surface area contributed by atoms with Crippen LogP contribution in [0.5, 0.6) is 0 Å². The summed E-state index contributed by atoms with van der Waals surface area (Å²) in [5.41, 5.74) is -0.642. The number of rotatable bonds is 1. The number of hydrogen-bond donors (Lipinski definition) is 1. The average Bonchev–Trinajstić information content (AvgIpc) is 2.33. The minimum Gasteiger partial charge on any atom is -0.300 e. The molecule has 1 rings (SSSR count). The van der Waals surface area contributed by atoms with Crippen molar-refractivity contribution in [3.63, 3.8) is 0 Å². The standard InChI is InChI=1S/C6H4ClN3OS.2C2H6/c1-12-6-9-4(7)3(2-8)5(11)10-6;2*1-2/h1H3,(H,9,10,11);2*1-2H3. The summed E-state index contributed by atoms with van der Waals surface area (Å²) in [7, 11) is 0. The minimum absolute atomic E-state index is 0.0504. The number of halogens is 1. The first-order valence-corrected chi connectivity index (χ1v) is 6.53. The smallest absolute Gasteiger partial charge is 0.271 e. The molecule has 0 saturated carbocycles. The summed E-state index contributed by atoms with van der Waals surface area (Å²) in [4.78, 5) is 17.2. The van der Waals surface area contributed by atoms with E-state index in [9.17, 15) is 4.79 Å². The van der Waals surface area contributed by atoms with E-state index < -0.39 is 5.56 Å². The van der Waals surface area contributed by atoms with Crippen molar-refractivity contribution in [1.29, 1.82) is 5.26 Å². The molecule has 0 aliphatic carbocycles. The lowest BCUT2D eigenvalue weighted by atomic mass is 10.4. The molecule has 1 aromatic heterocycles. The highest BCUT2D eigenvalue weighted by atomic mass is 35.5. The van der Waals surface area contributed by atoms with Crippen LogP contribution in [0.25, 0.3) is 0 Å². The number of nitriles is 1. The van der Waals surface area contributed by atoms with Gasteiger partial charge in [0.1, 0.15) is 6.07 Å². The van der Waals surface area contributed by atoms with Crippen LogP contribution in [-0.4, -0.2) is 16.2 Å². The summed E-state index contributed by atoms with van der Waals surface area (Å²) in [6, 6.07) is 1.67. The third kappa shape index (κ3) is 5.19. The molecule has 0 fully saturated rings. The van der Waals surface area contributed by atoms with Gasteiger partial charge in [-0.2, -0.15) is 5.26 Å². The predicted octanol–water partition coefficient (Wildman–Crippen LogP) is 3.07. The molecule has 0 spiro atoms. The molecule has 0 bridgehead atoms. The Labute approximate surface area is 105 Å². The van der Waals surface area contributed by atoms with E-state index in [1.165, 1.54) is 11.8 Å². The van der Waals surface area contributed by atoms with Crippen molar-refractivity contribution in [3.05, 3.63) is 21.1 Å². The maximum atomic E-state index is 11.0. The molecule has 0 radical (unpaired) electrons. The van der Waals surface area contributed by atoms with Crippen LogP contribution in [0.1, 0.15) is 33.3 Å². The lowest BCUT2D eigenvalue weighted by Gasteiger charge is -1.96. The Morgan fingerprint density at radius 3 is 2.19 bits per heavy atom. The number of aromatic nitrogens is 2. The van der Waals surface area contributed by atoms with Gasteiger partial charge in [-0.25, -0.2) is 4.98 Å². The van der Waals surface area contributed by atoms with Crippen LogP contribution in [0.15, 0.2) is 9.95 Å². The highest BCUT2D eigenvalue weighted by molar-refractivity contribution is 7.98. The number of H-pyrrole nitrogens is 1. The summed E-state index contributed by atoms with van der Waals surface area (Å²) in [6.07, 6.45) is 1.75. The van der Waals surface area contributed by atoms with Gasteiger partial charge in [0.05, 0.1) is 0 Å². The van der Waals surface area contributed by atoms with Crippen molar-refractivity contribution in [2.45, 2.75) is 32.9 Å². The normalized spacial score (nSPS) is 7.81. The van der Waals surface area contributed by atoms with Crippen molar-refractivity contribution in [2.24, 2.45) is 0 Å². The Balaban J connectivity index is 0. The minimum atomic E-state index is -0.498. The molecule has 1 heterocycles. The molecule has 0 unspecified atom stereocenters. The molecule has 16 heavy (non-hydrogen) atoms. The molecule has 0 aliphatic rings. The zero-order valence-electron chi connectivity index (χ0n) is 10.1. The molecule has 6 heteroatoms. The summed E-state index contributed by atoms with van der Waals surface area (Å²) in [6.45, 7) is 8.00. The van der Waals surface area contributed by atoms with Crippen LogP contribution >= 0.6 is 23.4 Å². The second kappa shape index (κ2) is 10.5. The van der Waals surface area contributed by atoms with Crippen LogP contribution in [0, 0.1) is 11.3 Å². The first-order valence-electron chi connectivity index (χ1n) is 4.93. The molecule has 0 aromatic carbocycles. The molecule has 90 valence electrons. The van der Waals surface area contributed by atoms with E-state index in [-0.39, 0.29) is 10.7 Å². The summed E-state index contributed by atoms with van der Waals surface area (Å²) >= 11 is 6.80. The van der Waals surface area contributed by atoms with Crippen LogP contribution in [0.2, 0.25) is 5.15 Å². The van der Waals surface area contributed by atoms with Gasteiger partial charge in [-0.3, -0.25) is 4.79 Å². The van der Waals surface area contributed by atoms with Gasteiger partial charge in [0.25, 0.3) is 5.56 Å². The van der Waals surface area contributed by atoms with Gasteiger partial charge < -0.3 is 4.98 Å². The van der Waals surface area contributed by atoms with Gasteiger partial charge >= 0.3 is 0 Å². The third-order valence-corrected chi connectivity index (χ3v) is 2.01. The van der Waals surface area contributed by atoms with Gasteiger partial charge in [0.2, 0.25) is 0 Å². The molecular weight excluding hydrogens is 246 g/mol. The van der Waals surface area contributed by atoms with Gasteiger partial charge in [-0.15, -0.1) is 0 Å². The molecule has 0 amide bonds. The molecule has 0 atom stereocenters. The highest BCUT2D eigenvalue weighted by Gasteiger charge is 2.07. The lowest BCUT2D eigenvalue weighted by Crippen LogP contribution is -2.12. The van der Waals surface area contributed by atoms with Crippen molar-refractivity contribution >= 4 is 23.4 Å². The molecule has 1 aromatic rings. The van der Waals surface area contributed by atoms with Crippen molar-refractivity contribution in [3.8, 4) is 6.07 Å². The average molecular weight is 262 g/mol. The SMILES string of the molecule is CC.CC.CSc1nc(Cl)c(C#N)c(=O)[nH]1. The van der Waals surface area contributed by atoms with Gasteiger partial charge in [0.15, 0.2) is 15.9 Å². The summed E-state index contributed by atoms with van der Waals surface area (Å²) in [5, 5.41) is 8.82. The van der Waals surface area contributed by atoms with Crippen molar-refractivity contribution < 1.29 is 0 Å². The summed E-state index contributed by atoms with van der Waals surface area (Å²) in [5.74, 6) is 0. The maximum absolute atomic E-state index is 11.0. The second-order valence-electron chi connectivity index (χ2n) is 1.85. The van der Waals surface area contributed by atoms with E-state index in [1.807, 2.05) is 27.7 Å². The van der Waals surface area contributed by atoms with Crippen LogP contribution < -0.4 is 5.56 Å². The highest BCUT2D eigenvalue weighted by Crippen LogP contribution is 2.11. The van der Waals surface area contributed by atoms with E-state index in [0.29, 0.717) is 5.16 Å². The number of thioether (sulfide) groups is 1. The van der Waals surface area contributed by atoms with Crippen LogP contribution in [0.4, 0.5) is 0 Å².